The number of hydrogen-bond donors (Lipinski definition) is 2. The van der Waals surface area contributed by atoms with E-state index < -0.39 is 11.6 Å². The lowest BCUT2D eigenvalue weighted by Gasteiger charge is -2.46. The Morgan fingerprint density at radius 3 is 2.71 bits per heavy atom. The molecule has 0 spiro atoms. The first kappa shape index (κ1) is 15.6. The lowest BCUT2D eigenvalue weighted by Crippen LogP contribution is -2.64. The number of aryl methyl sites for hydroxylation is 1. The number of rotatable bonds is 4. The molecule has 1 saturated heterocycles. The largest absolute Gasteiger partial charge is 0.480 e. The highest BCUT2D eigenvalue weighted by atomic mass is 35.5. The number of urea groups is 1. The normalized spacial score (nSPS) is 16.2. The summed E-state index contributed by atoms with van der Waals surface area (Å²) in [4.78, 5) is 24.1. The number of hydrogen-bond acceptors (Lipinski definition) is 3. The molecule has 7 heteroatoms. The van der Waals surface area contributed by atoms with Crippen LogP contribution in [0.15, 0.2) is 18.2 Å². The molecular weight excluding hydrogens is 296 g/mol. The van der Waals surface area contributed by atoms with E-state index in [1.807, 2.05) is 13.0 Å². The minimum atomic E-state index is -1.02. The van der Waals surface area contributed by atoms with Crippen molar-refractivity contribution in [3.8, 4) is 0 Å². The number of carboxylic acid groups (broad SMARTS) is 1. The Bertz CT molecular complexity index is 570. The Balaban J connectivity index is 1.87. The fraction of sp³-hybridized carbons (Fsp3) is 0.429. The molecule has 2 rings (SSSR count). The van der Waals surface area contributed by atoms with E-state index in [9.17, 15) is 9.59 Å². The Kier molecular flexibility index (Phi) is 4.39. The van der Waals surface area contributed by atoms with Crippen LogP contribution in [0, 0.1) is 6.92 Å². The molecule has 1 fully saturated rings. The van der Waals surface area contributed by atoms with Gasteiger partial charge in [-0.15, -0.1) is 0 Å². The minimum Gasteiger partial charge on any atom is -0.480 e. The summed E-state index contributed by atoms with van der Waals surface area (Å²) in [5.41, 5.74) is 0.955. The third-order valence-corrected chi connectivity index (χ3v) is 3.56. The molecule has 1 aliphatic rings. The lowest BCUT2D eigenvalue weighted by atomic mass is 9.97. The summed E-state index contributed by atoms with van der Waals surface area (Å²) in [6, 6.07) is 5.10. The second-order valence-electron chi connectivity index (χ2n) is 5.40. The minimum absolute atomic E-state index is 0.280. The topological polar surface area (TPSA) is 78.9 Å². The third-order valence-electron chi connectivity index (χ3n) is 3.25. The van der Waals surface area contributed by atoms with E-state index in [2.05, 4.69) is 5.32 Å². The Morgan fingerprint density at radius 1 is 1.48 bits per heavy atom. The van der Waals surface area contributed by atoms with Crippen LogP contribution in [0.3, 0.4) is 0 Å². The molecule has 21 heavy (non-hydrogen) atoms. The molecule has 0 saturated carbocycles. The number of carbonyl (C=O) groups is 2. The number of carboxylic acids is 1. The molecule has 1 aliphatic heterocycles. The molecule has 114 valence electrons. The van der Waals surface area contributed by atoms with E-state index in [1.165, 1.54) is 4.90 Å². The van der Waals surface area contributed by atoms with E-state index >= 15 is 0 Å². The first-order valence-electron chi connectivity index (χ1n) is 6.47. The van der Waals surface area contributed by atoms with Gasteiger partial charge >= 0.3 is 12.0 Å². The van der Waals surface area contributed by atoms with E-state index in [0.29, 0.717) is 23.8 Å². The van der Waals surface area contributed by atoms with Gasteiger partial charge in [-0.2, -0.15) is 0 Å². The quantitative estimate of drug-likeness (QED) is 0.894. The summed E-state index contributed by atoms with van der Waals surface area (Å²) < 4.78 is 5.25. The van der Waals surface area contributed by atoms with E-state index in [-0.39, 0.29) is 12.6 Å². The van der Waals surface area contributed by atoms with Crippen molar-refractivity contribution in [2.75, 3.05) is 25.0 Å². The van der Waals surface area contributed by atoms with Gasteiger partial charge in [-0.1, -0.05) is 17.7 Å². The van der Waals surface area contributed by atoms with Gasteiger partial charge in [0.1, 0.15) is 12.2 Å². The smallest absolute Gasteiger partial charge is 0.329 e. The standard InChI is InChI=1S/C14H17ClN2O4/c1-9-3-4-11(10(15)5-9)16-13(20)17-7-14(2,8-17)21-6-12(18)19/h3-5H,6-8H2,1-2H3,(H,16,20)(H,18,19). The van der Waals surface area contributed by atoms with Crippen molar-refractivity contribution < 1.29 is 19.4 Å². The monoisotopic (exact) mass is 312 g/mol. The van der Waals surface area contributed by atoms with Gasteiger partial charge in [-0.05, 0) is 31.5 Å². The van der Waals surface area contributed by atoms with Crippen LogP contribution in [-0.2, 0) is 9.53 Å². The molecule has 0 unspecified atom stereocenters. The van der Waals surface area contributed by atoms with Crippen LogP contribution < -0.4 is 5.32 Å². The fourth-order valence-electron chi connectivity index (χ4n) is 2.15. The number of anilines is 1. The van der Waals surface area contributed by atoms with Gasteiger partial charge in [0.25, 0.3) is 0 Å². The highest BCUT2D eigenvalue weighted by Crippen LogP contribution is 2.27. The van der Waals surface area contributed by atoms with Gasteiger partial charge in [0.05, 0.1) is 23.8 Å². The predicted molar refractivity (Wildman–Crippen MR) is 78.8 cm³/mol. The molecule has 1 heterocycles. The summed E-state index contributed by atoms with van der Waals surface area (Å²) in [7, 11) is 0. The van der Waals surface area contributed by atoms with E-state index in [1.54, 1.807) is 19.1 Å². The molecular formula is C14H17ClN2O4. The highest BCUT2D eigenvalue weighted by molar-refractivity contribution is 6.33. The number of halogens is 1. The number of nitrogens with one attached hydrogen (secondary N) is 1. The van der Waals surface area contributed by atoms with Crippen LogP contribution in [0.4, 0.5) is 10.5 Å². The van der Waals surface area contributed by atoms with Crippen molar-refractivity contribution in [3.05, 3.63) is 28.8 Å². The number of ether oxygens (including phenoxy) is 1. The third kappa shape index (κ3) is 3.86. The maximum atomic E-state index is 12.0. The van der Waals surface area contributed by atoms with Crippen LogP contribution >= 0.6 is 11.6 Å². The van der Waals surface area contributed by atoms with Crippen molar-refractivity contribution in [2.45, 2.75) is 19.4 Å². The van der Waals surface area contributed by atoms with Gasteiger partial charge in [0.15, 0.2) is 0 Å². The SMILES string of the molecule is Cc1ccc(NC(=O)N2CC(C)(OCC(=O)O)C2)c(Cl)c1. The van der Waals surface area contributed by atoms with Crippen molar-refractivity contribution >= 4 is 29.3 Å². The summed E-state index contributed by atoms with van der Waals surface area (Å²) in [5.74, 6) is -1.02. The summed E-state index contributed by atoms with van der Waals surface area (Å²) >= 11 is 6.06. The van der Waals surface area contributed by atoms with Crippen LogP contribution in [0.25, 0.3) is 0 Å². The Hall–Kier alpha value is -1.79. The highest BCUT2D eigenvalue weighted by Gasteiger charge is 2.42. The second-order valence-corrected chi connectivity index (χ2v) is 5.81. The zero-order valence-corrected chi connectivity index (χ0v) is 12.6. The van der Waals surface area contributed by atoms with Crippen molar-refractivity contribution in [3.63, 3.8) is 0 Å². The summed E-state index contributed by atoms with van der Waals surface area (Å²) in [5, 5.41) is 11.8. The van der Waals surface area contributed by atoms with Gasteiger partial charge in [0.2, 0.25) is 0 Å². The van der Waals surface area contributed by atoms with Crippen molar-refractivity contribution in [2.24, 2.45) is 0 Å². The molecule has 2 amide bonds. The number of aliphatic carboxylic acids is 1. The molecule has 0 bridgehead atoms. The summed E-state index contributed by atoms with van der Waals surface area (Å²) in [6.07, 6.45) is 0. The average molecular weight is 313 g/mol. The molecule has 2 N–H and O–H groups in total. The van der Waals surface area contributed by atoms with Crippen LogP contribution in [-0.4, -0.2) is 47.3 Å². The van der Waals surface area contributed by atoms with Crippen LogP contribution in [0.1, 0.15) is 12.5 Å². The summed E-state index contributed by atoms with van der Waals surface area (Å²) in [6.45, 7) is 4.01. The Morgan fingerprint density at radius 2 is 2.14 bits per heavy atom. The van der Waals surface area contributed by atoms with Gasteiger partial charge in [0, 0.05) is 0 Å². The van der Waals surface area contributed by atoms with Gasteiger partial charge in [-0.3, -0.25) is 0 Å². The maximum absolute atomic E-state index is 12.0. The van der Waals surface area contributed by atoms with Crippen LogP contribution in [0.2, 0.25) is 5.02 Å². The zero-order valence-electron chi connectivity index (χ0n) is 11.9. The van der Waals surface area contributed by atoms with Crippen molar-refractivity contribution in [1.82, 2.24) is 4.90 Å². The molecule has 1 aromatic carbocycles. The molecule has 0 aliphatic carbocycles. The van der Waals surface area contributed by atoms with Crippen LogP contribution in [0.5, 0.6) is 0 Å². The second kappa shape index (κ2) is 5.91. The molecule has 1 aromatic rings. The molecule has 0 aromatic heterocycles. The number of nitrogens with zero attached hydrogens (tertiary/aromatic N) is 1. The van der Waals surface area contributed by atoms with E-state index in [4.69, 9.17) is 21.4 Å². The number of carbonyl (C=O) groups excluding carboxylic acids is 1. The lowest BCUT2D eigenvalue weighted by molar-refractivity contribution is -0.159. The first-order valence-corrected chi connectivity index (χ1v) is 6.85. The van der Waals surface area contributed by atoms with E-state index in [0.717, 1.165) is 5.56 Å². The molecule has 6 nitrogen and oxygen atoms in total. The average Bonchev–Trinajstić information content (AvgIpc) is 2.36. The number of amides is 2. The van der Waals surface area contributed by atoms with Gasteiger partial charge in [-0.25, -0.2) is 9.59 Å². The maximum Gasteiger partial charge on any atom is 0.329 e. The van der Waals surface area contributed by atoms with Gasteiger partial charge < -0.3 is 20.1 Å². The molecule has 0 atom stereocenters. The zero-order chi connectivity index (χ0) is 15.6. The number of benzene rings is 1. The van der Waals surface area contributed by atoms with Crippen molar-refractivity contribution in [1.29, 1.82) is 0 Å². The predicted octanol–water partition coefficient (Wildman–Crippen LogP) is 2.36. The first-order chi connectivity index (χ1) is 9.79. The molecule has 0 radical (unpaired) electrons. The number of likely N-dealkylation sites (tertiary alicyclic amines) is 1. The Labute approximate surface area is 127 Å². The fourth-order valence-corrected chi connectivity index (χ4v) is 2.43.